The Bertz CT molecular complexity index is 413. The molecule has 1 aromatic carbocycles. The van der Waals surface area contributed by atoms with Gasteiger partial charge in [0.15, 0.2) is 0 Å². The van der Waals surface area contributed by atoms with Crippen molar-refractivity contribution >= 4 is 5.91 Å². The number of carbonyl (C=O) groups excluding carboxylic acids is 1. The summed E-state index contributed by atoms with van der Waals surface area (Å²) in [7, 11) is 0. The van der Waals surface area contributed by atoms with Crippen LogP contribution in [-0.4, -0.2) is 36.5 Å². The van der Waals surface area contributed by atoms with Crippen LogP contribution < -0.4 is 5.32 Å². The second kappa shape index (κ2) is 6.71. The van der Waals surface area contributed by atoms with Gasteiger partial charge in [0.05, 0.1) is 0 Å². The first-order valence-corrected chi connectivity index (χ1v) is 7.25. The van der Waals surface area contributed by atoms with Crippen LogP contribution in [0.2, 0.25) is 0 Å². The highest BCUT2D eigenvalue weighted by Gasteiger charge is 2.20. The minimum Gasteiger partial charge on any atom is -0.340 e. The molecule has 1 amide bonds. The lowest BCUT2D eigenvalue weighted by atomic mass is 10.0. The Morgan fingerprint density at radius 2 is 2.00 bits per heavy atom. The van der Waals surface area contributed by atoms with Crippen LogP contribution in [0.3, 0.4) is 0 Å². The molecule has 1 N–H and O–H groups in total. The van der Waals surface area contributed by atoms with Gasteiger partial charge in [0.25, 0.3) is 0 Å². The topological polar surface area (TPSA) is 32.3 Å². The fourth-order valence-corrected chi connectivity index (χ4v) is 2.59. The number of rotatable bonds is 4. The minimum absolute atomic E-state index is 0.193. The number of benzene rings is 1. The summed E-state index contributed by atoms with van der Waals surface area (Å²) < 4.78 is 0. The summed E-state index contributed by atoms with van der Waals surface area (Å²) in [6, 6.07) is 9.31. The Labute approximate surface area is 116 Å². The van der Waals surface area contributed by atoms with Crippen molar-refractivity contribution in [2.24, 2.45) is 0 Å². The lowest BCUT2D eigenvalue weighted by molar-refractivity contribution is -0.130. The predicted octanol–water partition coefficient (Wildman–Crippen LogP) is 2.00. The number of nitrogens with one attached hydrogen (secondary N) is 1. The van der Waals surface area contributed by atoms with Crippen LogP contribution in [0.1, 0.15) is 31.4 Å². The zero-order valence-corrected chi connectivity index (χ0v) is 12.0. The third-order valence-electron chi connectivity index (χ3n) is 3.91. The van der Waals surface area contributed by atoms with Gasteiger partial charge in [0, 0.05) is 32.6 Å². The molecule has 1 atom stereocenters. The van der Waals surface area contributed by atoms with Gasteiger partial charge < -0.3 is 10.2 Å². The van der Waals surface area contributed by atoms with Crippen molar-refractivity contribution in [1.82, 2.24) is 10.2 Å². The minimum atomic E-state index is 0.193. The van der Waals surface area contributed by atoms with Gasteiger partial charge >= 0.3 is 0 Å². The molecule has 0 bridgehead atoms. The highest BCUT2D eigenvalue weighted by molar-refractivity contribution is 5.73. The number of amides is 1. The van der Waals surface area contributed by atoms with E-state index in [1.165, 1.54) is 11.1 Å². The number of hydrogen-bond acceptors (Lipinski definition) is 2. The number of aryl methyl sites for hydroxylation is 2. The van der Waals surface area contributed by atoms with Crippen LogP contribution in [0.4, 0.5) is 0 Å². The smallest absolute Gasteiger partial charge is 0.219 e. The average Bonchev–Trinajstić information content (AvgIpc) is 2.46. The first-order chi connectivity index (χ1) is 9.19. The number of piperazine rings is 1. The molecule has 0 spiro atoms. The van der Waals surface area contributed by atoms with Crippen molar-refractivity contribution < 1.29 is 4.79 Å². The molecule has 1 aliphatic rings. The molecule has 2 rings (SSSR count). The average molecular weight is 260 g/mol. The Morgan fingerprint density at radius 1 is 1.32 bits per heavy atom. The maximum Gasteiger partial charge on any atom is 0.219 e. The van der Waals surface area contributed by atoms with E-state index in [0.717, 1.165) is 38.9 Å². The quantitative estimate of drug-likeness (QED) is 0.898. The molecule has 1 fully saturated rings. The summed E-state index contributed by atoms with van der Waals surface area (Å²) in [5.74, 6) is 0.193. The van der Waals surface area contributed by atoms with Crippen LogP contribution in [0.25, 0.3) is 0 Å². The molecule has 3 nitrogen and oxygen atoms in total. The third-order valence-corrected chi connectivity index (χ3v) is 3.91. The van der Waals surface area contributed by atoms with E-state index in [1.807, 2.05) is 4.90 Å². The van der Waals surface area contributed by atoms with Gasteiger partial charge in [-0.3, -0.25) is 4.79 Å². The van der Waals surface area contributed by atoms with Gasteiger partial charge in [-0.1, -0.05) is 31.2 Å². The molecule has 1 saturated heterocycles. The van der Waals surface area contributed by atoms with E-state index in [4.69, 9.17) is 0 Å². The predicted molar refractivity (Wildman–Crippen MR) is 78.2 cm³/mol. The molecule has 1 aromatic rings. The fourth-order valence-electron chi connectivity index (χ4n) is 2.59. The largest absolute Gasteiger partial charge is 0.340 e. The Morgan fingerprint density at radius 3 is 2.63 bits per heavy atom. The highest BCUT2D eigenvalue weighted by atomic mass is 16.2. The highest BCUT2D eigenvalue weighted by Crippen LogP contribution is 2.11. The van der Waals surface area contributed by atoms with E-state index in [9.17, 15) is 4.79 Å². The summed E-state index contributed by atoms with van der Waals surface area (Å²) >= 11 is 0. The van der Waals surface area contributed by atoms with Crippen molar-refractivity contribution in [3.8, 4) is 0 Å². The van der Waals surface area contributed by atoms with E-state index < -0.39 is 0 Å². The lowest BCUT2D eigenvalue weighted by Gasteiger charge is -2.33. The number of nitrogens with zero attached hydrogens (tertiary/aromatic N) is 1. The van der Waals surface area contributed by atoms with Crippen molar-refractivity contribution in [3.63, 3.8) is 0 Å². The maximum atomic E-state index is 11.4. The second-order valence-electron chi connectivity index (χ2n) is 5.32. The van der Waals surface area contributed by atoms with E-state index >= 15 is 0 Å². The molecule has 1 aliphatic heterocycles. The summed E-state index contributed by atoms with van der Waals surface area (Å²) in [4.78, 5) is 13.3. The first-order valence-electron chi connectivity index (χ1n) is 7.25. The molecule has 3 heteroatoms. The zero-order valence-electron chi connectivity index (χ0n) is 12.0. The van der Waals surface area contributed by atoms with Crippen molar-refractivity contribution in [3.05, 3.63) is 35.4 Å². The zero-order chi connectivity index (χ0) is 13.7. The normalized spacial score (nSPS) is 19.5. The van der Waals surface area contributed by atoms with E-state index in [-0.39, 0.29) is 5.91 Å². The first kappa shape index (κ1) is 14.1. The molecule has 0 aromatic heterocycles. The SMILES string of the molecule is CCc1ccc(CCC2CN(C(C)=O)CCN2)cc1. The Kier molecular flexibility index (Phi) is 4.97. The Balaban J connectivity index is 1.82. The maximum absolute atomic E-state index is 11.4. The fraction of sp³-hybridized carbons (Fsp3) is 0.562. The monoisotopic (exact) mass is 260 g/mol. The van der Waals surface area contributed by atoms with Crippen LogP contribution in [0.5, 0.6) is 0 Å². The molecule has 19 heavy (non-hydrogen) atoms. The van der Waals surface area contributed by atoms with Gasteiger partial charge in [0.1, 0.15) is 0 Å². The molecular formula is C16H24N2O. The summed E-state index contributed by atoms with van der Waals surface area (Å²) in [5.41, 5.74) is 2.78. The summed E-state index contributed by atoms with van der Waals surface area (Å²) in [5, 5.41) is 3.50. The molecule has 0 saturated carbocycles. The third kappa shape index (κ3) is 4.06. The van der Waals surface area contributed by atoms with Gasteiger partial charge in [-0.05, 0) is 30.4 Å². The van der Waals surface area contributed by atoms with Gasteiger partial charge in [-0.25, -0.2) is 0 Å². The molecule has 0 radical (unpaired) electrons. The number of hydrogen-bond donors (Lipinski definition) is 1. The lowest BCUT2D eigenvalue weighted by Crippen LogP contribution is -2.52. The molecule has 0 aliphatic carbocycles. The van der Waals surface area contributed by atoms with E-state index in [2.05, 4.69) is 36.5 Å². The van der Waals surface area contributed by atoms with E-state index in [1.54, 1.807) is 6.92 Å². The van der Waals surface area contributed by atoms with Crippen LogP contribution in [-0.2, 0) is 17.6 Å². The van der Waals surface area contributed by atoms with Gasteiger partial charge in [-0.15, -0.1) is 0 Å². The number of carbonyl (C=O) groups is 1. The second-order valence-corrected chi connectivity index (χ2v) is 5.32. The summed E-state index contributed by atoms with van der Waals surface area (Å²) in [6.07, 6.45) is 3.26. The van der Waals surface area contributed by atoms with Gasteiger partial charge in [-0.2, -0.15) is 0 Å². The Hall–Kier alpha value is -1.35. The van der Waals surface area contributed by atoms with Crippen LogP contribution in [0.15, 0.2) is 24.3 Å². The molecule has 1 heterocycles. The van der Waals surface area contributed by atoms with Crippen molar-refractivity contribution in [1.29, 1.82) is 0 Å². The van der Waals surface area contributed by atoms with Gasteiger partial charge in [0.2, 0.25) is 5.91 Å². The standard InChI is InChI=1S/C16H24N2O/c1-3-14-4-6-15(7-5-14)8-9-16-12-18(13(2)19)11-10-17-16/h4-7,16-17H,3,8-12H2,1-2H3. The molecule has 1 unspecified atom stereocenters. The molecular weight excluding hydrogens is 236 g/mol. The van der Waals surface area contributed by atoms with E-state index in [0.29, 0.717) is 6.04 Å². The summed E-state index contributed by atoms with van der Waals surface area (Å²) in [6.45, 7) is 6.45. The van der Waals surface area contributed by atoms with Crippen LogP contribution in [0, 0.1) is 0 Å². The van der Waals surface area contributed by atoms with Crippen molar-refractivity contribution in [2.45, 2.75) is 39.2 Å². The van der Waals surface area contributed by atoms with Crippen molar-refractivity contribution in [2.75, 3.05) is 19.6 Å². The molecule has 104 valence electrons. The van der Waals surface area contributed by atoms with Crippen LogP contribution >= 0.6 is 0 Å².